The molecule has 31 heavy (non-hydrogen) atoms. The van der Waals surface area contributed by atoms with Crippen LogP contribution in [0, 0.1) is 0 Å². The highest BCUT2D eigenvalue weighted by Gasteiger charge is 2.03. The lowest BCUT2D eigenvalue weighted by molar-refractivity contribution is 0.298. The van der Waals surface area contributed by atoms with Gasteiger partial charge in [-0.1, -0.05) is 30.3 Å². The van der Waals surface area contributed by atoms with E-state index in [2.05, 4.69) is 37.8 Å². The van der Waals surface area contributed by atoms with Crippen LogP contribution in [-0.2, 0) is 20.2 Å². The van der Waals surface area contributed by atoms with Crippen LogP contribution in [-0.4, -0.2) is 40.9 Å². The van der Waals surface area contributed by atoms with Gasteiger partial charge in [-0.05, 0) is 42.7 Å². The second kappa shape index (κ2) is 12.2. The molecule has 164 valence electrons. The van der Waals surface area contributed by atoms with Crippen molar-refractivity contribution in [2.75, 3.05) is 20.2 Å². The molecule has 0 fully saturated rings. The van der Waals surface area contributed by atoms with Gasteiger partial charge in [-0.25, -0.2) is 4.98 Å². The number of hydrogen-bond acceptors (Lipinski definition) is 5. The highest BCUT2D eigenvalue weighted by molar-refractivity contribution is 5.79. The van der Waals surface area contributed by atoms with Crippen molar-refractivity contribution in [3.8, 4) is 11.5 Å². The highest BCUT2D eigenvalue weighted by Crippen LogP contribution is 2.19. The predicted octanol–water partition coefficient (Wildman–Crippen LogP) is 2.92. The van der Waals surface area contributed by atoms with Gasteiger partial charge >= 0.3 is 0 Å². The van der Waals surface area contributed by atoms with Crippen molar-refractivity contribution in [2.24, 2.45) is 12.0 Å². The molecule has 8 nitrogen and oxygen atoms in total. The largest absolute Gasteiger partial charge is 0.494 e. The normalized spacial score (nSPS) is 11.2. The van der Waals surface area contributed by atoms with E-state index in [1.54, 1.807) is 18.1 Å². The lowest BCUT2D eigenvalue weighted by atomic mass is 10.2. The summed E-state index contributed by atoms with van der Waals surface area (Å²) in [4.78, 5) is 8.40. The maximum atomic E-state index is 5.82. The quantitative estimate of drug-likeness (QED) is 0.281. The maximum Gasteiger partial charge on any atom is 0.191 e. The molecule has 2 N–H and O–H groups in total. The van der Waals surface area contributed by atoms with Gasteiger partial charge in [0.1, 0.15) is 30.3 Å². The van der Waals surface area contributed by atoms with Gasteiger partial charge in [0.2, 0.25) is 0 Å². The number of aromatic nitrogens is 3. The standard InChI is InChI=1S/C23H30N6O2/c1-24-23(26-16-22-27-18-28-29(22)2)25-14-6-7-15-30-20-10-12-21(13-11-20)31-17-19-8-4-3-5-9-19/h3-5,8-13,18H,6-7,14-17H2,1-2H3,(H2,24,25,26). The summed E-state index contributed by atoms with van der Waals surface area (Å²) in [5.74, 6) is 3.28. The number of guanidine groups is 1. The zero-order valence-corrected chi connectivity index (χ0v) is 18.1. The van der Waals surface area contributed by atoms with Crippen molar-refractivity contribution >= 4 is 5.96 Å². The van der Waals surface area contributed by atoms with Gasteiger partial charge in [-0.15, -0.1) is 0 Å². The van der Waals surface area contributed by atoms with Crippen LogP contribution < -0.4 is 20.1 Å². The Morgan fingerprint density at radius 3 is 2.39 bits per heavy atom. The zero-order chi connectivity index (χ0) is 21.7. The molecule has 0 bridgehead atoms. The van der Waals surface area contributed by atoms with Crippen LogP contribution in [0.25, 0.3) is 0 Å². The Morgan fingerprint density at radius 1 is 0.968 bits per heavy atom. The SMILES string of the molecule is CN=C(NCCCCOc1ccc(OCc2ccccc2)cc1)NCc1ncnn1C. The molecule has 0 spiro atoms. The monoisotopic (exact) mass is 422 g/mol. The Hall–Kier alpha value is -3.55. The van der Waals surface area contributed by atoms with E-state index in [0.29, 0.717) is 19.8 Å². The lowest BCUT2D eigenvalue weighted by Gasteiger charge is -2.12. The summed E-state index contributed by atoms with van der Waals surface area (Å²) in [6.45, 7) is 2.61. The summed E-state index contributed by atoms with van der Waals surface area (Å²) in [6.07, 6.45) is 3.46. The average molecular weight is 423 g/mol. The molecule has 2 aromatic carbocycles. The first-order valence-corrected chi connectivity index (χ1v) is 10.4. The molecule has 0 aliphatic heterocycles. The molecule has 0 radical (unpaired) electrons. The van der Waals surface area contributed by atoms with E-state index < -0.39 is 0 Å². The van der Waals surface area contributed by atoms with Crippen LogP contribution in [0.15, 0.2) is 65.9 Å². The summed E-state index contributed by atoms with van der Waals surface area (Å²) < 4.78 is 13.4. The Balaban J connectivity index is 1.27. The Kier molecular flexibility index (Phi) is 8.72. The van der Waals surface area contributed by atoms with Crippen LogP contribution in [0.2, 0.25) is 0 Å². The van der Waals surface area contributed by atoms with Crippen molar-refractivity contribution in [3.05, 3.63) is 72.3 Å². The lowest BCUT2D eigenvalue weighted by Crippen LogP contribution is -2.37. The third-order valence-corrected chi connectivity index (χ3v) is 4.65. The number of rotatable bonds is 11. The number of aliphatic imine (C=N–C) groups is 1. The zero-order valence-electron chi connectivity index (χ0n) is 18.1. The third-order valence-electron chi connectivity index (χ3n) is 4.65. The number of ether oxygens (including phenoxy) is 2. The number of hydrogen-bond donors (Lipinski definition) is 2. The molecule has 0 aliphatic carbocycles. The van der Waals surface area contributed by atoms with Crippen LogP contribution >= 0.6 is 0 Å². The van der Waals surface area contributed by atoms with Crippen molar-refractivity contribution in [2.45, 2.75) is 26.0 Å². The maximum absolute atomic E-state index is 5.82. The van der Waals surface area contributed by atoms with Gasteiger partial charge in [0.15, 0.2) is 5.96 Å². The fraction of sp³-hybridized carbons (Fsp3) is 0.348. The van der Waals surface area contributed by atoms with E-state index in [1.165, 1.54) is 0 Å². The van der Waals surface area contributed by atoms with E-state index in [1.807, 2.05) is 49.5 Å². The molecule has 0 saturated carbocycles. The molecule has 0 aliphatic rings. The number of benzene rings is 2. The number of nitrogens with one attached hydrogen (secondary N) is 2. The minimum absolute atomic E-state index is 0.560. The second-order valence-electron chi connectivity index (χ2n) is 6.95. The van der Waals surface area contributed by atoms with E-state index in [0.717, 1.165) is 48.2 Å². The average Bonchev–Trinajstić information content (AvgIpc) is 3.22. The van der Waals surface area contributed by atoms with Gasteiger partial charge in [0.05, 0.1) is 13.2 Å². The summed E-state index contributed by atoms with van der Waals surface area (Å²) in [5, 5.41) is 10.6. The van der Waals surface area contributed by atoms with Crippen molar-refractivity contribution in [1.29, 1.82) is 0 Å². The number of unbranched alkanes of at least 4 members (excludes halogenated alkanes) is 1. The van der Waals surface area contributed by atoms with Gasteiger partial charge in [-0.2, -0.15) is 5.10 Å². The Morgan fingerprint density at radius 2 is 1.71 bits per heavy atom. The molecule has 0 unspecified atom stereocenters. The van der Waals surface area contributed by atoms with E-state index >= 15 is 0 Å². The molecule has 3 rings (SSSR count). The topological polar surface area (TPSA) is 85.6 Å². The minimum atomic E-state index is 0.560. The van der Waals surface area contributed by atoms with Gasteiger partial charge in [0, 0.05) is 20.6 Å². The van der Waals surface area contributed by atoms with Crippen molar-refractivity contribution in [3.63, 3.8) is 0 Å². The smallest absolute Gasteiger partial charge is 0.191 e. The highest BCUT2D eigenvalue weighted by atomic mass is 16.5. The van der Waals surface area contributed by atoms with Crippen LogP contribution in [0.5, 0.6) is 11.5 Å². The second-order valence-corrected chi connectivity index (χ2v) is 6.95. The molecule has 1 heterocycles. The first-order chi connectivity index (χ1) is 15.2. The van der Waals surface area contributed by atoms with Crippen LogP contribution in [0.1, 0.15) is 24.2 Å². The van der Waals surface area contributed by atoms with E-state index in [9.17, 15) is 0 Å². The molecule has 8 heteroatoms. The fourth-order valence-corrected chi connectivity index (χ4v) is 2.86. The molecular weight excluding hydrogens is 392 g/mol. The molecule has 3 aromatic rings. The third kappa shape index (κ3) is 7.65. The van der Waals surface area contributed by atoms with Crippen LogP contribution in [0.3, 0.4) is 0 Å². The summed E-state index contributed by atoms with van der Waals surface area (Å²) in [7, 11) is 3.62. The summed E-state index contributed by atoms with van der Waals surface area (Å²) in [5.41, 5.74) is 1.15. The van der Waals surface area contributed by atoms with E-state index in [4.69, 9.17) is 9.47 Å². The van der Waals surface area contributed by atoms with Crippen molar-refractivity contribution in [1.82, 2.24) is 25.4 Å². The Bertz CT molecular complexity index is 925. The van der Waals surface area contributed by atoms with Gasteiger partial charge < -0.3 is 20.1 Å². The minimum Gasteiger partial charge on any atom is -0.494 e. The first-order valence-electron chi connectivity index (χ1n) is 10.4. The Labute approximate surface area is 183 Å². The molecule has 0 amide bonds. The number of aryl methyl sites for hydroxylation is 1. The summed E-state index contributed by atoms with van der Waals surface area (Å²) >= 11 is 0. The summed E-state index contributed by atoms with van der Waals surface area (Å²) in [6, 6.07) is 17.9. The molecule has 0 saturated heterocycles. The molecular formula is C23H30N6O2. The van der Waals surface area contributed by atoms with Gasteiger partial charge in [-0.3, -0.25) is 9.67 Å². The number of nitrogens with zero attached hydrogens (tertiary/aromatic N) is 4. The van der Waals surface area contributed by atoms with Crippen LogP contribution in [0.4, 0.5) is 0 Å². The van der Waals surface area contributed by atoms with Gasteiger partial charge in [0.25, 0.3) is 0 Å². The van der Waals surface area contributed by atoms with Crippen molar-refractivity contribution < 1.29 is 9.47 Å². The first kappa shape index (κ1) is 22.1. The predicted molar refractivity (Wildman–Crippen MR) is 121 cm³/mol. The molecule has 0 atom stereocenters. The molecule has 1 aromatic heterocycles. The fourth-order valence-electron chi connectivity index (χ4n) is 2.86. The van der Waals surface area contributed by atoms with E-state index in [-0.39, 0.29) is 0 Å².